The second kappa shape index (κ2) is 8.47. The lowest BCUT2D eigenvalue weighted by atomic mass is 10.2. The molecule has 0 aromatic heterocycles. The maximum atomic E-state index is 12.2. The molecule has 24 heavy (non-hydrogen) atoms. The Kier molecular flexibility index (Phi) is 5.82. The molecule has 5 heteroatoms. The van der Waals surface area contributed by atoms with Gasteiger partial charge in [0, 0.05) is 17.7 Å². The number of amides is 1. The van der Waals surface area contributed by atoms with E-state index < -0.39 is 0 Å². The maximum Gasteiger partial charge on any atom is 0.255 e. The van der Waals surface area contributed by atoms with E-state index in [0.29, 0.717) is 25.4 Å². The summed E-state index contributed by atoms with van der Waals surface area (Å²) < 4.78 is 16.4. The van der Waals surface area contributed by atoms with E-state index in [2.05, 4.69) is 5.32 Å². The van der Waals surface area contributed by atoms with E-state index in [1.807, 2.05) is 42.5 Å². The van der Waals surface area contributed by atoms with Crippen molar-refractivity contribution in [2.24, 2.45) is 0 Å². The van der Waals surface area contributed by atoms with E-state index in [4.69, 9.17) is 14.2 Å². The molecule has 1 saturated heterocycles. The number of hydrogen-bond donors (Lipinski definition) is 1. The molecule has 3 rings (SSSR count). The van der Waals surface area contributed by atoms with Crippen LogP contribution < -0.4 is 10.1 Å². The van der Waals surface area contributed by atoms with Crippen molar-refractivity contribution >= 4 is 11.6 Å². The highest BCUT2D eigenvalue weighted by Crippen LogP contribution is 2.16. The van der Waals surface area contributed by atoms with Crippen LogP contribution in [0.4, 0.5) is 5.69 Å². The van der Waals surface area contributed by atoms with Crippen molar-refractivity contribution in [2.45, 2.75) is 19.1 Å². The number of rotatable bonds is 7. The summed E-state index contributed by atoms with van der Waals surface area (Å²) in [4.78, 5) is 12.2. The molecule has 0 bridgehead atoms. The number of ether oxygens (including phenoxy) is 3. The average Bonchev–Trinajstić information content (AvgIpc) is 3.13. The van der Waals surface area contributed by atoms with Gasteiger partial charge in [-0.2, -0.15) is 0 Å². The Morgan fingerprint density at radius 3 is 2.46 bits per heavy atom. The van der Waals surface area contributed by atoms with Crippen LogP contribution in [-0.2, 0) is 9.47 Å². The first-order chi connectivity index (χ1) is 11.8. The average molecular weight is 327 g/mol. The van der Waals surface area contributed by atoms with Gasteiger partial charge >= 0.3 is 0 Å². The van der Waals surface area contributed by atoms with Crippen LogP contribution in [0.15, 0.2) is 54.6 Å². The molecule has 1 aliphatic heterocycles. The molecule has 0 saturated carbocycles. The van der Waals surface area contributed by atoms with Crippen LogP contribution >= 0.6 is 0 Å². The molecule has 1 aliphatic rings. The minimum Gasteiger partial charge on any atom is -0.494 e. The van der Waals surface area contributed by atoms with Gasteiger partial charge in [-0.25, -0.2) is 0 Å². The van der Waals surface area contributed by atoms with Gasteiger partial charge in [-0.1, -0.05) is 18.2 Å². The molecular formula is C19H21NO4. The van der Waals surface area contributed by atoms with Crippen LogP contribution in [0, 0.1) is 0 Å². The van der Waals surface area contributed by atoms with Crippen molar-refractivity contribution in [2.75, 3.05) is 25.1 Å². The summed E-state index contributed by atoms with van der Waals surface area (Å²) >= 11 is 0. The molecule has 0 aliphatic carbocycles. The number of para-hydroxylation sites is 1. The molecule has 1 fully saturated rings. The van der Waals surface area contributed by atoms with Gasteiger partial charge in [0.25, 0.3) is 5.91 Å². The highest BCUT2D eigenvalue weighted by atomic mass is 16.7. The Bertz CT molecular complexity index is 636. The lowest BCUT2D eigenvalue weighted by Gasteiger charge is -2.10. The smallest absolute Gasteiger partial charge is 0.255 e. The molecule has 0 unspecified atom stereocenters. The van der Waals surface area contributed by atoms with Gasteiger partial charge in [-0.15, -0.1) is 0 Å². The zero-order chi connectivity index (χ0) is 16.6. The standard InChI is InChI=1S/C19H21NO4/c21-19(20-16-5-2-1-3-6-16)15-8-10-17(11-9-15)22-12-4-7-18-23-13-14-24-18/h1-3,5-6,8-11,18H,4,7,12-14H2,(H,20,21). The predicted octanol–water partition coefficient (Wildman–Crippen LogP) is 3.47. The summed E-state index contributed by atoms with van der Waals surface area (Å²) in [7, 11) is 0. The molecule has 0 atom stereocenters. The van der Waals surface area contributed by atoms with Gasteiger partial charge in [-0.3, -0.25) is 4.79 Å². The number of carbonyl (C=O) groups excluding carboxylic acids is 1. The van der Waals surface area contributed by atoms with E-state index in [0.717, 1.165) is 24.3 Å². The van der Waals surface area contributed by atoms with Crippen LogP contribution in [-0.4, -0.2) is 32.0 Å². The Morgan fingerprint density at radius 2 is 1.75 bits per heavy atom. The van der Waals surface area contributed by atoms with E-state index in [1.165, 1.54) is 0 Å². The largest absolute Gasteiger partial charge is 0.494 e. The Balaban J connectivity index is 1.43. The van der Waals surface area contributed by atoms with Crippen molar-refractivity contribution in [3.05, 3.63) is 60.2 Å². The second-order valence-electron chi connectivity index (χ2n) is 5.51. The molecule has 1 N–H and O–H groups in total. The van der Waals surface area contributed by atoms with Crippen LogP contribution in [0.3, 0.4) is 0 Å². The molecule has 1 amide bonds. The van der Waals surface area contributed by atoms with E-state index in [1.54, 1.807) is 12.1 Å². The third-order valence-electron chi connectivity index (χ3n) is 3.69. The molecule has 126 valence electrons. The number of anilines is 1. The summed E-state index contributed by atoms with van der Waals surface area (Å²) in [5.41, 5.74) is 1.37. The highest BCUT2D eigenvalue weighted by molar-refractivity contribution is 6.04. The Hall–Kier alpha value is -2.37. The van der Waals surface area contributed by atoms with Gasteiger partial charge < -0.3 is 19.5 Å². The third kappa shape index (κ3) is 4.81. The first kappa shape index (κ1) is 16.5. The van der Waals surface area contributed by atoms with Crippen LogP contribution in [0.5, 0.6) is 5.75 Å². The maximum absolute atomic E-state index is 12.2. The minimum atomic E-state index is -0.136. The molecule has 0 spiro atoms. The molecule has 1 heterocycles. The molecule has 2 aromatic carbocycles. The van der Waals surface area contributed by atoms with Crippen molar-refractivity contribution in [1.29, 1.82) is 0 Å². The van der Waals surface area contributed by atoms with Crippen molar-refractivity contribution in [1.82, 2.24) is 0 Å². The van der Waals surface area contributed by atoms with Crippen LogP contribution in [0.1, 0.15) is 23.2 Å². The second-order valence-corrected chi connectivity index (χ2v) is 5.51. The monoisotopic (exact) mass is 327 g/mol. The fourth-order valence-corrected chi connectivity index (χ4v) is 2.44. The summed E-state index contributed by atoms with van der Waals surface area (Å²) in [6, 6.07) is 16.5. The normalized spacial score (nSPS) is 14.5. The van der Waals surface area contributed by atoms with Gasteiger partial charge in [-0.05, 0) is 42.8 Å². The number of hydrogen-bond acceptors (Lipinski definition) is 4. The number of carbonyl (C=O) groups is 1. The van der Waals surface area contributed by atoms with Crippen LogP contribution in [0.2, 0.25) is 0 Å². The van der Waals surface area contributed by atoms with Gasteiger partial charge in [0.1, 0.15) is 5.75 Å². The van der Waals surface area contributed by atoms with Gasteiger partial charge in [0.15, 0.2) is 6.29 Å². The lowest BCUT2D eigenvalue weighted by molar-refractivity contribution is -0.0493. The quantitative estimate of drug-likeness (QED) is 0.791. The predicted molar refractivity (Wildman–Crippen MR) is 91.3 cm³/mol. The van der Waals surface area contributed by atoms with Crippen molar-refractivity contribution < 1.29 is 19.0 Å². The van der Waals surface area contributed by atoms with Crippen LogP contribution in [0.25, 0.3) is 0 Å². The zero-order valence-electron chi connectivity index (χ0n) is 13.4. The third-order valence-corrected chi connectivity index (χ3v) is 3.69. The summed E-state index contributed by atoms with van der Waals surface area (Å²) in [6.07, 6.45) is 1.61. The van der Waals surface area contributed by atoms with Gasteiger partial charge in [0.2, 0.25) is 0 Å². The zero-order valence-corrected chi connectivity index (χ0v) is 13.4. The SMILES string of the molecule is O=C(Nc1ccccc1)c1ccc(OCCCC2OCCO2)cc1. The summed E-state index contributed by atoms with van der Waals surface area (Å²) in [6.45, 7) is 1.95. The van der Waals surface area contributed by atoms with E-state index >= 15 is 0 Å². The number of benzene rings is 2. The van der Waals surface area contributed by atoms with E-state index in [-0.39, 0.29) is 12.2 Å². The first-order valence-electron chi connectivity index (χ1n) is 8.14. The number of nitrogens with one attached hydrogen (secondary N) is 1. The Labute approximate surface area is 141 Å². The van der Waals surface area contributed by atoms with E-state index in [9.17, 15) is 4.79 Å². The fourth-order valence-electron chi connectivity index (χ4n) is 2.44. The Morgan fingerprint density at radius 1 is 1.04 bits per heavy atom. The highest BCUT2D eigenvalue weighted by Gasteiger charge is 2.14. The topological polar surface area (TPSA) is 56.8 Å². The minimum absolute atomic E-state index is 0.0855. The van der Waals surface area contributed by atoms with Crippen molar-refractivity contribution in [3.63, 3.8) is 0 Å². The molecule has 0 radical (unpaired) electrons. The summed E-state index contributed by atoms with van der Waals surface area (Å²) in [5, 5.41) is 2.85. The fraction of sp³-hybridized carbons (Fsp3) is 0.316. The summed E-state index contributed by atoms with van der Waals surface area (Å²) in [5.74, 6) is 0.614. The van der Waals surface area contributed by atoms with Gasteiger partial charge in [0.05, 0.1) is 19.8 Å². The molecule has 2 aromatic rings. The van der Waals surface area contributed by atoms with Crippen molar-refractivity contribution in [3.8, 4) is 5.75 Å². The first-order valence-corrected chi connectivity index (χ1v) is 8.14. The lowest BCUT2D eigenvalue weighted by Crippen LogP contribution is -2.12. The molecular weight excluding hydrogens is 306 g/mol. The molecule has 5 nitrogen and oxygen atoms in total.